The molecular formula is C17H13Br2ClFNO4. The average Bonchev–Trinajstić information content (AvgIpc) is 2.49. The van der Waals surface area contributed by atoms with Crippen LogP contribution in [0.1, 0.15) is 18.1 Å². The number of ether oxygens (including phenoxy) is 1. The molecule has 0 saturated carbocycles. The Balaban J connectivity index is 2.25. The zero-order chi connectivity index (χ0) is 19.4. The number of nitrogens with one attached hydrogen (secondary N) is 1. The normalized spacial score (nSPS) is 10.5. The third kappa shape index (κ3) is 5.43. The number of anilines is 1. The van der Waals surface area contributed by atoms with Crippen molar-refractivity contribution in [2.75, 3.05) is 5.32 Å². The summed E-state index contributed by atoms with van der Waals surface area (Å²) < 4.78 is 21.2. The minimum Gasteiger partial charge on any atom is -0.486 e. The summed E-state index contributed by atoms with van der Waals surface area (Å²) >= 11 is 12.6. The Labute approximate surface area is 170 Å². The maximum absolute atomic E-state index is 14.5. The minimum absolute atomic E-state index is 0.0291. The van der Waals surface area contributed by atoms with Crippen molar-refractivity contribution in [3.05, 3.63) is 55.2 Å². The smallest absolute Gasteiger partial charge is 0.307 e. The molecule has 2 aromatic rings. The monoisotopic (exact) mass is 507 g/mol. The van der Waals surface area contributed by atoms with E-state index in [-0.39, 0.29) is 29.3 Å². The van der Waals surface area contributed by atoms with Gasteiger partial charge in [-0.25, -0.2) is 4.39 Å². The van der Waals surface area contributed by atoms with E-state index in [4.69, 9.17) is 21.4 Å². The highest BCUT2D eigenvalue weighted by atomic mass is 79.9. The second-order valence-electron chi connectivity index (χ2n) is 5.36. The number of carboxylic acids is 1. The highest BCUT2D eigenvalue weighted by Gasteiger charge is 2.15. The number of carbonyl (C=O) groups is 2. The average molecular weight is 510 g/mol. The number of halogens is 4. The van der Waals surface area contributed by atoms with Crippen LogP contribution in [0, 0.1) is 5.82 Å². The molecule has 0 heterocycles. The second-order valence-corrected chi connectivity index (χ2v) is 7.50. The number of carboxylic acid groups (broad SMARTS) is 1. The standard InChI is InChI=1S/C17H13Br2ClFNO4/c1-8(23)22-14-6-11(20)5-10(16(14)21)7-26-17-12(18)2-9(3-13(17)19)4-15(24)25/h2-3,5-6H,4,7H2,1H3,(H,22,23)(H,24,25). The van der Waals surface area contributed by atoms with Gasteiger partial charge in [-0.2, -0.15) is 0 Å². The van der Waals surface area contributed by atoms with Gasteiger partial charge in [0.05, 0.1) is 21.1 Å². The second kappa shape index (κ2) is 8.83. The van der Waals surface area contributed by atoms with Gasteiger partial charge in [-0.1, -0.05) is 11.6 Å². The molecule has 138 valence electrons. The Morgan fingerprint density at radius 1 is 1.23 bits per heavy atom. The molecule has 1 amide bonds. The molecule has 26 heavy (non-hydrogen) atoms. The summed E-state index contributed by atoms with van der Waals surface area (Å²) in [7, 11) is 0. The lowest BCUT2D eigenvalue weighted by molar-refractivity contribution is -0.136. The molecule has 2 N–H and O–H groups in total. The lowest BCUT2D eigenvalue weighted by Gasteiger charge is -2.14. The maximum atomic E-state index is 14.5. The third-order valence-corrected chi connectivity index (χ3v) is 4.61. The fourth-order valence-corrected chi connectivity index (χ4v) is 3.96. The van der Waals surface area contributed by atoms with Gasteiger partial charge in [0.1, 0.15) is 12.4 Å². The number of amides is 1. The van der Waals surface area contributed by atoms with E-state index in [0.29, 0.717) is 20.3 Å². The molecule has 2 rings (SSSR count). The molecule has 5 nitrogen and oxygen atoms in total. The summed E-state index contributed by atoms with van der Waals surface area (Å²) in [5.41, 5.74) is 0.707. The van der Waals surface area contributed by atoms with Crippen molar-refractivity contribution >= 4 is 61.0 Å². The number of hydrogen-bond acceptors (Lipinski definition) is 3. The van der Waals surface area contributed by atoms with Crippen molar-refractivity contribution < 1.29 is 23.8 Å². The highest BCUT2D eigenvalue weighted by Crippen LogP contribution is 2.36. The van der Waals surface area contributed by atoms with Crippen LogP contribution >= 0.6 is 43.5 Å². The molecule has 0 bridgehead atoms. The van der Waals surface area contributed by atoms with E-state index in [9.17, 15) is 14.0 Å². The first-order valence-electron chi connectivity index (χ1n) is 7.25. The van der Waals surface area contributed by atoms with Gasteiger partial charge in [0.2, 0.25) is 5.91 Å². The van der Waals surface area contributed by atoms with Crippen LogP contribution in [-0.4, -0.2) is 17.0 Å². The van der Waals surface area contributed by atoms with E-state index in [1.807, 2.05) is 0 Å². The summed E-state index contributed by atoms with van der Waals surface area (Å²) in [6.07, 6.45) is -0.138. The quantitative estimate of drug-likeness (QED) is 0.564. The summed E-state index contributed by atoms with van der Waals surface area (Å²) in [6, 6.07) is 5.95. The molecule has 0 aromatic heterocycles. The van der Waals surface area contributed by atoms with E-state index >= 15 is 0 Å². The Hall–Kier alpha value is -1.64. The molecule has 2 aromatic carbocycles. The highest BCUT2D eigenvalue weighted by molar-refractivity contribution is 9.11. The SMILES string of the molecule is CC(=O)Nc1cc(Cl)cc(COc2c(Br)cc(CC(=O)O)cc2Br)c1F. The Kier molecular flexibility index (Phi) is 7.02. The van der Waals surface area contributed by atoms with Crippen LogP contribution in [0.25, 0.3) is 0 Å². The summed E-state index contributed by atoms with van der Waals surface area (Å²) in [5, 5.41) is 11.5. The molecule has 0 atom stereocenters. The van der Waals surface area contributed by atoms with Crippen LogP contribution in [-0.2, 0) is 22.6 Å². The van der Waals surface area contributed by atoms with Crippen molar-refractivity contribution in [2.24, 2.45) is 0 Å². The van der Waals surface area contributed by atoms with Crippen LogP contribution in [0.2, 0.25) is 5.02 Å². The summed E-state index contributed by atoms with van der Waals surface area (Å²) in [5.74, 6) is -1.62. The van der Waals surface area contributed by atoms with Gasteiger partial charge in [-0.15, -0.1) is 0 Å². The molecule has 0 spiro atoms. The van der Waals surface area contributed by atoms with E-state index in [1.54, 1.807) is 12.1 Å². The lowest BCUT2D eigenvalue weighted by atomic mass is 10.1. The molecule has 9 heteroatoms. The predicted molar refractivity (Wildman–Crippen MR) is 103 cm³/mol. The van der Waals surface area contributed by atoms with E-state index in [1.165, 1.54) is 19.1 Å². The number of aliphatic carboxylic acids is 1. The number of rotatable bonds is 6. The van der Waals surface area contributed by atoms with Crippen molar-refractivity contribution in [3.8, 4) is 5.75 Å². The van der Waals surface area contributed by atoms with Crippen molar-refractivity contribution in [1.82, 2.24) is 0 Å². The van der Waals surface area contributed by atoms with Gasteiger partial charge in [-0.3, -0.25) is 9.59 Å². The first kappa shape index (κ1) is 20.7. The van der Waals surface area contributed by atoms with E-state index < -0.39 is 17.7 Å². The van der Waals surface area contributed by atoms with E-state index in [2.05, 4.69) is 37.2 Å². The Morgan fingerprint density at radius 2 is 1.85 bits per heavy atom. The molecule has 0 aliphatic carbocycles. The van der Waals surface area contributed by atoms with Gasteiger partial charge in [-0.05, 0) is 61.7 Å². The van der Waals surface area contributed by atoms with Crippen molar-refractivity contribution in [2.45, 2.75) is 20.0 Å². The molecule has 0 fully saturated rings. The largest absolute Gasteiger partial charge is 0.486 e. The Bertz CT molecular complexity index is 853. The molecule has 0 aliphatic rings. The number of benzene rings is 2. The summed E-state index contributed by atoms with van der Waals surface area (Å²) in [6.45, 7) is 1.12. The molecular weight excluding hydrogens is 496 g/mol. The van der Waals surface area contributed by atoms with Gasteiger partial charge in [0, 0.05) is 17.5 Å². The van der Waals surface area contributed by atoms with Crippen LogP contribution in [0.3, 0.4) is 0 Å². The Morgan fingerprint density at radius 3 is 2.38 bits per heavy atom. The maximum Gasteiger partial charge on any atom is 0.307 e. The zero-order valence-corrected chi connectivity index (χ0v) is 17.3. The zero-order valence-electron chi connectivity index (χ0n) is 13.4. The molecule has 0 radical (unpaired) electrons. The number of carbonyl (C=O) groups excluding carboxylic acids is 1. The van der Waals surface area contributed by atoms with E-state index in [0.717, 1.165) is 0 Å². The van der Waals surface area contributed by atoms with Crippen LogP contribution in [0.15, 0.2) is 33.2 Å². The molecule has 0 unspecified atom stereocenters. The topological polar surface area (TPSA) is 75.6 Å². The van der Waals surface area contributed by atoms with Crippen LogP contribution in [0.5, 0.6) is 5.75 Å². The molecule has 0 aliphatic heterocycles. The first-order chi connectivity index (χ1) is 12.2. The van der Waals surface area contributed by atoms with Crippen molar-refractivity contribution in [1.29, 1.82) is 0 Å². The fraction of sp³-hybridized carbons (Fsp3) is 0.176. The third-order valence-electron chi connectivity index (χ3n) is 3.21. The van der Waals surface area contributed by atoms with Crippen molar-refractivity contribution in [3.63, 3.8) is 0 Å². The van der Waals surface area contributed by atoms with Gasteiger partial charge in [0.15, 0.2) is 5.82 Å². The van der Waals surface area contributed by atoms with Gasteiger partial charge < -0.3 is 15.2 Å². The van der Waals surface area contributed by atoms with Gasteiger partial charge >= 0.3 is 5.97 Å². The fourth-order valence-electron chi connectivity index (χ4n) is 2.21. The lowest BCUT2D eigenvalue weighted by Crippen LogP contribution is -2.10. The van der Waals surface area contributed by atoms with Crippen LogP contribution in [0.4, 0.5) is 10.1 Å². The van der Waals surface area contributed by atoms with Crippen LogP contribution < -0.4 is 10.1 Å². The van der Waals surface area contributed by atoms with Gasteiger partial charge in [0.25, 0.3) is 0 Å². The number of hydrogen-bond donors (Lipinski definition) is 2. The summed E-state index contributed by atoms with van der Waals surface area (Å²) in [4.78, 5) is 22.0. The molecule has 0 saturated heterocycles. The minimum atomic E-state index is -0.955. The predicted octanol–water partition coefficient (Wildman–Crippen LogP) is 5.17. The first-order valence-corrected chi connectivity index (χ1v) is 9.21.